The van der Waals surface area contributed by atoms with Crippen LogP contribution in [0.4, 0.5) is 0 Å². The average molecular weight is 247 g/mol. The lowest BCUT2D eigenvalue weighted by Gasteiger charge is -2.07. The van der Waals surface area contributed by atoms with Crippen molar-refractivity contribution in [2.75, 3.05) is 20.6 Å². The van der Waals surface area contributed by atoms with Gasteiger partial charge in [-0.05, 0) is 27.1 Å². The molecule has 0 radical (unpaired) electrons. The number of carbonyl (C=O) groups is 1. The molecule has 0 saturated heterocycles. The van der Waals surface area contributed by atoms with Crippen LogP contribution in [0.3, 0.4) is 0 Å². The van der Waals surface area contributed by atoms with Crippen LogP contribution in [-0.2, 0) is 15.1 Å². The highest BCUT2D eigenvalue weighted by Crippen LogP contribution is 1.91. The standard InChI is InChI=1S/C6H14N2O4S.ClH/c1-8(2)5-3-4-6(9)7-13(10,11)12;/h3-5H2,1-2H3,(H,7,9)(H,10,11,12);1H. The van der Waals surface area contributed by atoms with Gasteiger partial charge >= 0.3 is 10.3 Å². The second-order valence-electron chi connectivity index (χ2n) is 2.91. The number of hydrogen-bond donors (Lipinski definition) is 2. The summed E-state index contributed by atoms with van der Waals surface area (Å²) in [6.45, 7) is 0.693. The van der Waals surface area contributed by atoms with Gasteiger partial charge in [0.25, 0.3) is 0 Å². The summed E-state index contributed by atoms with van der Waals surface area (Å²) >= 11 is 0. The van der Waals surface area contributed by atoms with Crippen LogP contribution in [-0.4, -0.2) is 44.4 Å². The largest absolute Gasteiger partial charge is 0.359 e. The minimum absolute atomic E-state index is 0. The minimum atomic E-state index is -4.39. The van der Waals surface area contributed by atoms with Crippen molar-refractivity contribution in [3.05, 3.63) is 0 Å². The van der Waals surface area contributed by atoms with Gasteiger partial charge in [-0.15, -0.1) is 12.4 Å². The zero-order valence-electron chi connectivity index (χ0n) is 8.06. The summed E-state index contributed by atoms with van der Waals surface area (Å²) in [4.78, 5) is 12.6. The zero-order valence-corrected chi connectivity index (χ0v) is 9.69. The van der Waals surface area contributed by atoms with Gasteiger partial charge in [-0.1, -0.05) is 0 Å². The number of nitrogens with zero attached hydrogens (tertiary/aromatic N) is 1. The van der Waals surface area contributed by atoms with Crippen molar-refractivity contribution in [2.45, 2.75) is 12.8 Å². The molecule has 86 valence electrons. The van der Waals surface area contributed by atoms with E-state index in [2.05, 4.69) is 0 Å². The fraction of sp³-hybridized carbons (Fsp3) is 0.833. The van der Waals surface area contributed by atoms with Crippen LogP contribution in [0.2, 0.25) is 0 Å². The predicted molar refractivity (Wildman–Crippen MR) is 54.7 cm³/mol. The first-order valence-corrected chi connectivity index (χ1v) is 5.18. The number of nitrogens with one attached hydrogen (secondary N) is 1. The zero-order chi connectivity index (χ0) is 10.5. The van der Waals surface area contributed by atoms with E-state index in [0.717, 1.165) is 0 Å². The van der Waals surface area contributed by atoms with Crippen molar-refractivity contribution in [2.24, 2.45) is 0 Å². The highest BCUT2D eigenvalue weighted by molar-refractivity contribution is 7.84. The molecule has 0 saturated carbocycles. The quantitative estimate of drug-likeness (QED) is 0.649. The van der Waals surface area contributed by atoms with E-state index < -0.39 is 16.2 Å². The number of halogens is 1. The molecular formula is C6H15ClN2O4S. The molecule has 0 heterocycles. The molecule has 8 heteroatoms. The van der Waals surface area contributed by atoms with Gasteiger partial charge in [0.2, 0.25) is 5.91 Å². The third kappa shape index (κ3) is 11.6. The Morgan fingerprint density at radius 2 is 1.93 bits per heavy atom. The van der Waals surface area contributed by atoms with Gasteiger partial charge in [0.1, 0.15) is 0 Å². The monoisotopic (exact) mass is 246 g/mol. The van der Waals surface area contributed by atoms with Crippen molar-refractivity contribution in [3.63, 3.8) is 0 Å². The highest BCUT2D eigenvalue weighted by atomic mass is 35.5. The molecule has 0 aromatic carbocycles. The van der Waals surface area contributed by atoms with E-state index in [1.165, 1.54) is 4.72 Å². The molecule has 0 atom stereocenters. The van der Waals surface area contributed by atoms with E-state index in [-0.39, 0.29) is 18.8 Å². The van der Waals surface area contributed by atoms with E-state index in [4.69, 9.17) is 4.55 Å². The Morgan fingerprint density at radius 1 is 1.43 bits per heavy atom. The maximum atomic E-state index is 10.8. The van der Waals surface area contributed by atoms with Gasteiger partial charge in [-0.2, -0.15) is 8.42 Å². The molecule has 0 rings (SSSR count). The molecule has 0 aliphatic rings. The normalized spacial score (nSPS) is 10.9. The second-order valence-corrected chi connectivity index (χ2v) is 4.06. The lowest BCUT2D eigenvalue weighted by atomic mass is 10.3. The van der Waals surface area contributed by atoms with Crippen LogP contribution in [0, 0.1) is 0 Å². The molecule has 0 bridgehead atoms. The van der Waals surface area contributed by atoms with E-state index in [1.54, 1.807) is 0 Å². The first-order valence-electron chi connectivity index (χ1n) is 3.74. The molecule has 0 spiro atoms. The van der Waals surface area contributed by atoms with Crippen molar-refractivity contribution >= 4 is 28.6 Å². The number of rotatable bonds is 5. The Bertz CT molecular complexity index is 265. The summed E-state index contributed by atoms with van der Waals surface area (Å²) in [6, 6.07) is 0. The van der Waals surface area contributed by atoms with E-state index in [9.17, 15) is 13.2 Å². The summed E-state index contributed by atoms with van der Waals surface area (Å²) in [5, 5.41) is 0. The fourth-order valence-corrected chi connectivity index (χ4v) is 1.14. The van der Waals surface area contributed by atoms with Crippen LogP contribution < -0.4 is 4.72 Å². The third-order valence-electron chi connectivity index (χ3n) is 1.25. The Balaban J connectivity index is 0. The fourth-order valence-electron chi connectivity index (χ4n) is 0.751. The van der Waals surface area contributed by atoms with E-state index in [1.807, 2.05) is 19.0 Å². The Morgan fingerprint density at radius 3 is 2.29 bits per heavy atom. The molecule has 14 heavy (non-hydrogen) atoms. The maximum absolute atomic E-state index is 10.8. The Kier molecular flexibility index (Phi) is 8.03. The SMILES string of the molecule is CN(C)CCCC(=O)NS(=O)(=O)O.Cl. The van der Waals surface area contributed by atoms with Crippen LogP contribution in [0.25, 0.3) is 0 Å². The Hall–Kier alpha value is -0.370. The molecule has 2 N–H and O–H groups in total. The summed E-state index contributed by atoms with van der Waals surface area (Å²) in [7, 11) is -0.691. The molecule has 0 unspecified atom stereocenters. The lowest BCUT2D eigenvalue weighted by Crippen LogP contribution is -2.30. The van der Waals surface area contributed by atoms with Crippen LogP contribution in [0.5, 0.6) is 0 Å². The maximum Gasteiger partial charge on any atom is 0.359 e. The van der Waals surface area contributed by atoms with Gasteiger partial charge in [0, 0.05) is 6.42 Å². The molecule has 0 aromatic rings. The third-order valence-corrected chi connectivity index (χ3v) is 1.74. The molecular weight excluding hydrogens is 232 g/mol. The van der Waals surface area contributed by atoms with E-state index in [0.29, 0.717) is 13.0 Å². The number of amides is 1. The first kappa shape index (κ1) is 16.1. The summed E-state index contributed by atoms with van der Waals surface area (Å²) < 4.78 is 30.0. The molecule has 0 aliphatic heterocycles. The minimum Gasteiger partial charge on any atom is -0.309 e. The summed E-state index contributed by atoms with van der Waals surface area (Å²) in [5.41, 5.74) is 0. The summed E-state index contributed by atoms with van der Waals surface area (Å²) in [6.07, 6.45) is 0.631. The number of hydrogen-bond acceptors (Lipinski definition) is 4. The van der Waals surface area contributed by atoms with Gasteiger partial charge < -0.3 is 4.90 Å². The van der Waals surface area contributed by atoms with Crippen molar-refractivity contribution in [1.82, 2.24) is 9.62 Å². The molecule has 6 nitrogen and oxygen atoms in total. The first-order chi connectivity index (χ1) is 5.81. The highest BCUT2D eigenvalue weighted by Gasteiger charge is 2.09. The molecule has 0 aliphatic carbocycles. The lowest BCUT2D eigenvalue weighted by molar-refractivity contribution is -0.119. The number of carbonyl (C=O) groups excluding carboxylic acids is 1. The van der Waals surface area contributed by atoms with Gasteiger partial charge in [0.15, 0.2) is 0 Å². The van der Waals surface area contributed by atoms with E-state index >= 15 is 0 Å². The van der Waals surface area contributed by atoms with Crippen molar-refractivity contribution < 1.29 is 17.8 Å². The second kappa shape index (κ2) is 6.99. The van der Waals surface area contributed by atoms with Gasteiger partial charge in [-0.3, -0.25) is 9.35 Å². The van der Waals surface area contributed by atoms with Crippen molar-refractivity contribution in [1.29, 1.82) is 0 Å². The Labute approximate surface area is 90.0 Å². The molecule has 0 fully saturated rings. The average Bonchev–Trinajstić information content (AvgIpc) is 1.81. The topological polar surface area (TPSA) is 86.7 Å². The van der Waals surface area contributed by atoms with Crippen LogP contribution in [0.15, 0.2) is 0 Å². The smallest absolute Gasteiger partial charge is 0.309 e. The van der Waals surface area contributed by atoms with Crippen LogP contribution >= 0.6 is 12.4 Å². The van der Waals surface area contributed by atoms with Crippen LogP contribution in [0.1, 0.15) is 12.8 Å². The van der Waals surface area contributed by atoms with Crippen molar-refractivity contribution in [3.8, 4) is 0 Å². The molecule has 1 amide bonds. The van der Waals surface area contributed by atoms with Gasteiger partial charge in [-0.25, -0.2) is 4.72 Å². The molecule has 0 aromatic heterocycles. The summed E-state index contributed by atoms with van der Waals surface area (Å²) in [5.74, 6) is -0.690. The van der Waals surface area contributed by atoms with Gasteiger partial charge in [0.05, 0.1) is 0 Å². The predicted octanol–water partition coefficient (Wildman–Crippen LogP) is -0.331.